The molecule has 0 aromatic heterocycles. The van der Waals surface area contributed by atoms with E-state index >= 15 is 0 Å². The Morgan fingerprint density at radius 1 is 1.11 bits per heavy atom. The third-order valence-corrected chi connectivity index (χ3v) is 3.71. The van der Waals surface area contributed by atoms with E-state index in [2.05, 4.69) is 5.16 Å². The van der Waals surface area contributed by atoms with Crippen LogP contribution in [0.5, 0.6) is 5.75 Å². The van der Waals surface area contributed by atoms with Gasteiger partial charge in [0.1, 0.15) is 18.6 Å². The molecule has 6 nitrogen and oxygen atoms in total. The van der Waals surface area contributed by atoms with Gasteiger partial charge in [-0.1, -0.05) is 47.6 Å². The van der Waals surface area contributed by atoms with Crippen molar-refractivity contribution in [2.75, 3.05) is 14.2 Å². The summed E-state index contributed by atoms with van der Waals surface area (Å²) in [4.78, 5) is 17.2. The molecule has 0 fully saturated rings. The maximum absolute atomic E-state index is 11.8. The molecule has 6 heteroatoms. The largest absolute Gasteiger partial charge is 0.500 e. The fourth-order valence-corrected chi connectivity index (χ4v) is 2.21. The van der Waals surface area contributed by atoms with Crippen molar-refractivity contribution in [2.45, 2.75) is 20.5 Å². The highest BCUT2D eigenvalue weighted by atomic mass is 16.6. The molecule has 0 aliphatic rings. The molecule has 0 spiro atoms. The van der Waals surface area contributed by atoms with Crippen LogP contribution < -0.4 is 4.74 Å². The summed E-state index contributed by atoms with van der Waals surface area (Å²) in [7, 11) is 2.70. The van der Waals surface area contributed by atoms with E-state index in [0.717, 1.165) is 16.7 Å². The van der Waals surface area contributed by atoms with E-state index in [1.54, 1.807) is 6.07 Å². The van der Waals surface area contributed by atoms with Crippen LogP contribution in [0.15, 0.2) is 65.7 Å². The second kappa shape index (κ2) is 10.0. The predicted molar refractivity (Wildman–Crippen MR) is 102 cm³/mol. The molecule has 0 N–H and O–H groups in total. The molecule has 0 bridgehead atoms. The van der Waals surface area contributed by atoms with Crippen molar-refractivity contribution < 1.29 is 23.8 Å². The summed E-state index contributed by atoms with van der Waals surface area (Å²) in [6, 6.07) is 15.4. The Hall–Kier alpha value is -3.28. The van der Waals surface area contributed by atoms with Crippen LogP contribution in [0.1, 0.15) is 23.6 Å². The van der Waals surface area contributed by atoms with E-state index in [1.807, 2.05) is 56.3 Å². The van der Waals surface area contributed by atoms with Gasteiger partial charge in [-0.25, -0.2) is 4.79 Å². The van der Waals surface area contributed by atoms with Crippen LogP contribution in [0.3, 0.4) is 0 Å². The number of aryl methyl sites for hydroxylation is 1. The van der Waals surface area contributed by atoms with Crippen LogP contribution in [-0.2, 0) is 25.7 Å². The number of methoxy groups -OCH3 is 2. The van der Waals surface area contributed by atoms with E-state index < -0.39 is 5.97 Å². The van der Waals surface area contributed by atoms with Gasteiger partial charge in [-0.2, -0.15) is 0 Å². The quantitative estimate of drug-likeness (QED) is 0.232. The van der Waals surface area contributed by atoms with Crippen molar-refractivity contribution >= 4 is 11.7 Å². The molecule has 2 aromatic rings. The first-order chi connectivity index (χ1) is 13.0. The lowest BCUT2D eigenvalue weighted by Crippen LogP contribution is -2.12. The monoisotopic (exact) mass is 369 g/mol. The molecular formula is C21H23NO5. The van der Waals surface area contributed by atoms with Crippen molar-refractivity contribution in [3.8, 4) is 5.75 Å². The van der Waals surface area contributed by atoms with E-state index in [1.165, 1.54) is 20.5 Å². The molecule has 2 aromatic carbocycles. The summed E-state index contributed by atoms with van der Waals surface area (Å²) in [5.41, 5.74) is 3.38. The Labute approximate surface area is 159 Å². The van der Waals surface area contributed by atoms with Gasteiger partial charge >= 0.3 is 5.97 Å². The van der Waals surface area contributed by atoms with Crippen molar-refractivity contribution in [1.29, 1.82) is 0 Å². The van der Waals surface area contributed by atoms with Gasteiger partial charge in [-0.05, 0) is 31.0 Å². The molecule has 0 atom stereocenters. The van der Waals surface area contributed by atoms with Crippen molar-refractivity contribution in [1.82, 2.24) is 0 Å². The zero-order chi connectivity index (χ0) is 19.6. The van der Waals surface area contributed by atoms with Gasteiger partial charge in [0.15, 0.2) is 0 Å². The average Bonchev–Trinajstić information content (AvgIpc) is 2.69. The molecule has 27 heavy (non-hydrogen) atoms. The molecule has 142 valence electrons. The first-order valence-electron chi connectivity index (χ1n) is 8.35. The summed E-state index contributed by atoms with van der Waals surface area (Å²) >= 11 is 0. The molecular weight excluding hydrogens is 346 g/mol. The normalized spacial score (nSPS) is 11.7. The molecule has 2 rings (SSSR count). The number of benzene rings is 2. The van der Waals surface area contributed by atoms with Crippen LogP contribution in [-0.4, -0.2) is 25.9 Å². The van der Waals surface area contributed by atoms with Crippen LogP contribution in [0.2, 0.25) is 0 Å². The summed E-state index contributed by atoms with van der Waals surface area (Å²) in [6.45, 7) is 4.10. The maximum Gasteiger partial charge on any atom is 0.377 e. The zero-order valence-electron chi connectivity index (χ0n) is 15.9. The predicted octanol–water partition coefficient (Wildman–Crippen LogP) is 3.98. The Balaban J connectivity index is 2.14. The number of oxime groups is 1. The van der Waals surface area contributed by atoms with Gasteiger partial charge in [-0.3, -0.25) is 0 Å². The Morgan fingerprint density at radius 3 is 2.52 bits per heavy atom. The van der Waals surface area contributed by atoms with E-state index in [0.29, 0.717) is 18.1 Å². The van der Waals surface area contributed by atoms with Crippen LogP contribution in [0.4, 0.5) is 0 Å². The first-order valence-corrected chi connectivity index (χ1v) is 8.35. The summed E-state index contributed by atoms with van der Waals surface area (Å²) in [5, 5.41) is 4.16. The van der Waals surface area contributed by atoms with E-state index in [9.17, 15) is 4.79 Å². The number of carbonyl (C=O) groups is 1. The third kappa shape index (κ3) is 5.88. The van der Waals surface area contributed by atoms with E-state index in [-0.39, 0.29) is 5.76 Å². The van der Waals surface area contributed by atoms with Crippen molar-refractivity contribution in [3.05, 3.63) is 77.2 Å². The highest BCUT2D eigenvalue weighted by molar-refractivity contribution is 5.98. The van der Waals surface area contributed by atoms with Gasteiger partial charge in [-0.15, -0.1) is 0 Å². The number of carbonyl (C=O) groups excluding carboxylic acids is 1. The molecule has 0 radical (unpaired) electrons. The minimum Gasteiger partial charge on any atom is -0.500 e. The Bertz CT molecular complexity index is 828. The molecule has 0 aliphatic carbocycles. The number of hydrogen-bond donors (Lipinski definition) is 0. The lowest BCUT2D eigenvalue weighted by atomic mass is 10.1. The minimum absolute atomic E-state index is 0.0461. The van der Waals surface area contributed by atoms with Gasteiger partial charge in [0, 0.05) is 5.56 Å². The number of esters is 1. The standard InChI is InChI=1S/C21H23NO5/c1-15-10-11-18(12-19(15)27-20(14-24-3)21(23)25-4)16(2)22-26-13-17-8-6-5-7-9-17/h5-12,14H,13H2,1-4H3. The van der Waals surface area contributed by atoms with Gasteiger partial charge in [0.2, 0.25) is 5.76 Å². The molecule has 0 amide bonds. The van der Waals surface area contributed by atoms with Crippen molar-refractivity contribution in [3.63, 3.8) is 0 Å². The second-order valence-electron chi connectivity index (χ2n) is 5.73. The first kappa shape index (κ1) is 20.0. The van der Waals surface area contributed by atoms with Gasteiger partial charge in [0.25, 0.3) is 0 Å². The van der Waals surface area contributed by atoms with Crippen LogP contribution in [0, 0.1) is 6.92 Å². The van der Waals surface area contributed by atoms with Gasteiger partial charge < -0.3 is 19.0 Å². The van der Waals surface area contributed by atoms with Crippen molar-refractivity contribution in [2.24, 2.45) is 5.16 Å². The number of ether oxygens (including phenoxy) is 3. The van der Waals surface area contributed by atoms with Crippen LogP contribution >= 0.6 is 0 Å². The number of rotatable bonds is 8. The van der Waals surface area contributed by atoms with Crippen LogP contribution in [0.25, 0.3) is 0 Å². The topological polar surface area (TPSA) is 66.3 Å². The van der Waals surface area contributed by atoms with Gasteiger partial charge in [0.05, 0.1) is 19.9 Å². The fraction of sp³-hybridized carbons (Fsp3) is 0.238. The number of hydrogen-bond acceptors (Lipinski definition) is 6. The maximum atomic E-state index is 11.8. The third-order valence-electron chi connectivity index (χ3n) is 3.71. The Morgan fingerprint density at radius 2 is 1.85 bits per heavy atom. The smallest absolute Gasteiger partial charge is 0.377 e. The molecule has 0 saturated heterocycles. The fourth-order valence-electron chi connectivity index (χ4n) is 2.21. The molecule has 0 unspecified atom stereocenters. The Kier molecular flexibility index (Phi) is 7.43. The summed E-state index contributed by atoms with van der Waals surface area (Å²) < 4.78 is 15.2. The SMILES string of the molecule is COC=C(Oc1cc(C(C)=NOCc2ccccc2)ccc1C)C(=O)OC. The lowest BCUT2D eigenvalue weighted by Gasteiger charge is -2.12. The van der Waals surface area contributed by atoms with E-state index in [4.69, 9.17) is 19.0 Å². The zero-order valence-corrected chi connectivity index (χ0v) is 15.9. The molecule has 0 aliphatic heterocycles. The average molecular weight is 369 g/mol. The minimum atomic E-state index is -0.627. The highest BCUT2D eigenvalue weighted by Crippen LogP contribution is 2.23. The summed E-state index contributed by atoms with van der Waals surface area (Å²) in [5.74, 6) is -0.174. The molecule has 0 saturated carbocycles. The summed E-state index contributed by atoms with van der Waals surface area (Å²) in [6.07, 6.45) is 1.20. The second-order valence-corrected chi connectivity index (χ2v) is 5.73. The molecule has 0 heterocycles. The number of nitrogens with zero attached hydrogens (tertiary/aromatic N) is 1. The lowest BCUT2D eigenvalue weighted by molar-refractivity contribution is -0.138. The highest BCUT2D eigenvalue weighted by Gasteiger charge is 2.15.